The van der Waals surface area contributed by atoms with Gasteiger partial charge in [0.05, 0.1) is 0 Å². The Kier molecular flexibility index (Phi) is 3.10. The fraction of sp³-hybridized carbons (Fsp3) is 0.100. The van der Waals surface area contributed by atoms with Crippen LogP contribution in [-0.4, -0.2) is 0 Å². The standard InChI is InChI=1S/C20H15.Ti/c1-14-10-11-19(20-9-5-4-8-18(14)20)17-12-15-6-2-3-7-16(15)13-17;/h2-13H,1H3;. The van der Waals surface area contributed by atoms with Gasteiger partial charge >= 0.3 is 137 Å². The molecule has 99 valence electrons. The van der Waals surface area contributed by atoms with Crippen LogP contribution in [0.2, 0.25) is 0 Å². The summed E-state index contributed by atoms with van der Waals surface area (Å²) in [5.74, 6) is 0. The summed E-state index contributed by atoms with van der Waals surface area (Å²) in [7, 11) is 0. The van der Waals surface area contributed by atoms with Crippen molar-refractivity contribution in [3.63, 3.8) is 0 Å². The van der Waals surface area contributed by atoms with Crippen molar-refractivity contribution in [2.45, 2.75) is 11.1 Å². The van der Waals surface area contributed by atoms with E-state index in [9.17, 15) is 0 Å². The number of fused-ring (bicyclic) bond motifs is 2. The second-order valence-electron chi connectivity index (χ2n) is 5.64. The average molecular weight is 303 g/mol. The zero-order chi connectivity index (χ0) is 14.4. The van der Waals surface area contributed by atoms with Crippen molar-refractivity contribution in [3.05, 3.63) is 82.9 Å². The first kappa shape index (κ1) is 13.1. The molecule has 0 bridgehead atoms. The maximum absolute atomic E-state index is 2.36. The molecule has 0 saturated carbocycles. The van der Waals surface area contributed by atoms with E-state index in [0.29, 0.717) is 4.22 Å². The van der Waals surface area contributed by atoms with Gasteiger partial charge in [-0.15, -0.1) is 0 Å². The van der Waals surface area contributed by atoms with Gasteiger partial charge < -0.3 is 0 Å². The Morgan fingerprint density at radius 2 is 1.52 bits per heavy atom. The van der Waals surface area contributed by atoms with Gasteiger partial charge in [-0.25, -0.2) is 0 Å². The molecule has 1 atom stereocenters. The van der Waals surface area contributed by atoms with Gasteiger partial charge in [0, 0.05) is 0 Å². The summed E-state index contributed by atoms with van der Waals surface area (Å²) in [6, 6.07) is 22.0. The van der Waals surface area contributed by atoms with Gasteiger partial charge in [-0.2, -0.15) is 0 Å². The molecule has 21 heavy (non-hydrogen) atoms. The molecule has 3 aromatic carbocycles. The normalized spacial score (nSPS) is 16.8. The van der Waals surface area contributed by atoms with Gasteiger partial charge in [0.15, 0.2) is 0 Å². The third-order valence-electron chi connectivity index (χ3n) is 4.38. The van der Waals surface area contributed by atoms with Gasteiger partial charge in [0.2, 0.25) is 0 Å². The number of allylic oxidation sites excluding steroid dienone is 1. The van der Waals surface area contributed by atoms with Crippen LogP contribution in [0.25, 0.3) is 22.4 Å². The van der Waals surface area contributed by atoms with Crippen LogP contribution < -0.4 is 0 Å². The minimum atomic E-state index is 0.465. The van der Waals surface area contributed by atoms with Crippen molar-refractivity contribution in [1.29, 1.82) is 0 Å². The van der Waals surface area contributed by atoms with Crippen LogP contribution in [0.15, 0.2) is 60.7 Å². The van der Waals surface area contributed by atoms with E-state index in [2.05, 4.69) is 94.1 Å². The molecule has 0 saturated heterocycles. The number of hydrogen-bond acceptors (Lipinski definition) is 0. The van der Waals surface area contributed by atoms with Crippen LogP contribution in [0.3, 0.4) is 0 Å². The second-order valence-corrected chi connectivity index (χ2v) is 6.54. The van der Waals surface area contributed by atoms with Crippen LogP contribution in [-0.2, 0) is 20.4 Å². The maximum atomic E-state index is 2.36. The first-order chi connectivity index (χ1) is 10.3. The molecule has 0 spiro atoms. The van der Waals surface area contributed by atoms with Gasteiger partial charge in [0.25, 0.3) is 0 Å². The van der Waals surface area contributed by atoms with Crippen LogP contribution in [0, 0.1) is 6.92 Å². The molecule has 0 heterocycles. The molecule has 0 aromatic heterocycles. The van der Waals surface area contributed by atoms with E-state index in [1.807, 2.05) is 0 Å². The predicted octanol–water partition coefficient (Wildman–Crippen LogP) is 5.29. The average Bonchev–Trinajstić information content (AvgIpc) is 2.86. The molecular formula is C20H15Ti. The molecule has 0 N–H and O–H groups in total. The molecule has 1 aliphatic carbocycles. The molecule has 1 aliphatic rings. The Balaban J connectivity index is 1.96. The second kappa shape index (κ2) is 4.98. The minimum absolute atomic E-state index is 0.465. The van der Waals surface area contributed by atoms with Crippen molar-refractivity contribution >= 4 is 22.4 Å². The summed E-state index contributed by atoms with van der Waals surface area (Å²) in [6.45, 7) is 2.19. The van der Waals surface area contributed by atoms with E-state index in [-0.39, 0.29) is 0 Å². The van der Waals surface area contributed by atoms with Crippen molar-refractivity contribution < 1.29 is 20.4 Å². The first-order valence-corrected chi connectivity index (χ1v) is 8.16. The van der Waals surface area contributed by atoms with Crippen LogP contribution in [0.1, 0.15) is 26.5 Å². The zero-order valence-electron chi connectivity index (χ0n) is 11.9. The summed E-state index contributed by atoms with van der Waals surface area (Å²) in [5.41, 5.74) is 6.97. The molecule has 0 nitrogen and oxygen atoms in total. The molecule has 1 unspecified atom stereocenters. The van der Waals surface area contributed by atoms with E-state index in [1.165, 1.54) is 38.6 Å². The fourth-order valence-corrected chi connectivity index (χ4v) is 4.04. The molecule has 3 aromatic rings. The zero-order valence-corrected chi connectivity index (χ0v) is 13.5. The Morgan fingerprint density at radius 3 is 2.33 bits per heavy atom. The molecular weight excluding hydrogens is 288 g/mol. The topological polar surface area (TPSA) is 0 Å². The van der Waals surface area contributed by atoms with Crippen molar-refractivity contribution in [1.82, 2.24) is 0 Å². The monoisotopic (exact) mass is 303 g/mol. The van der Waals surface area contributed by atoms with E-state index >= 15 is 0 Å². The van der Waals surface area contributed by atoms with Crippen LogP contribution in [0.5, 0.6) is 0 Å². The Morgan fingerprint density at radius 1 is 0.810 bits per heavy atom. The molecule has 1 heteroatoms. The summed E-state index contributed by atoms with van der Waals surface area (Å²) < 4.78 is 0.465. The number of aryl methyl sites for hydroxylation is 1. The van der Waals surface area contributed by atoms with Crippen molar-refractivity contribution in [2.75, 3.05) is 0 Å². The fourth-order valence-electron chi connectivity index (χ4n) is 3.26. The summed E-state index contributed by atoms with van der Waals surface area (Å²) in [6.07, 6.45) is 2.36. The Hall–Kier alpha value is -1.63. The summed E-state index contributed by atoms with van der Waals surface area (Å²) in [5, 5.41) is 2.72. The Bertz CT molecular complexity index is 874. The first-order valence-electron chi connectivity index (χ1n) is 7.26. The summed E-state index contributed by atoms with van der Waals surface area (Å²) in [4.78, 5) is 0. The van der Waals surface area contributed by atoms with Gasteiger partial charge in [-0.3, -0.25) is 0 Å². The summed E-state index contributed by atoms with van der Waals surface area (Å²) >= 11 is 2.31. The van der Waals surface area contributed by atoms with Gasteiger partial charge in [-0.1, -0.05) is 0 Å². The SMILES string of the molecule is Cc1ccc(C2=Cc3ccccc3[CH]2[Ti])c2ccccc12. The number of hydrogen-bond donors (Lipinski definition) is 0. The molecule has 0 radical (unpaired) electrons. The quantitative estimate of drug-likeness (QED) is 0.536. The number of benzene rings is 3. The van der Waals surface area contributed by atoms with Crippen LogP contribution in [0.4, 0.5) is 0 Å². The van der Waals surface area contributed by atoms with E-state index in [1.54, 1.807) is 0 Å². The van der Waals surface area contributed by atoms with Gasteiger partial charge in [0.1, 0.15) is 0 Å². The van der Waals surface area contributed by atoms with Crippen molar-refractivity contribution in [3.8, 4) is 0 Å². The molecule has 4 rings (SSSR count). The Labute approximate surface area is 136 Å². The predicted molar refractivity (Wildman–Crippen MR) is 85.7 cm³/mol. The van der Waals surface area contributed by atoms with E-state index in [4.69, 9.17) is 0 Å². The van der Waals surface area contributed by atoms with E-state index in [0.717, 1.165) is 0 Å². The molecule has 0 fully saturated rings. The van der Waals surface area contributed by atoms with Gasteiger partial charge in [-0.05, 0) is 0 Å². The number of rotatable bonds is 1. The third kappa shape index (κ3) is 2.02. The molecule has 0 aliphatic heterocycles. The third-order valence-corrected chi connectivity index (χ3v) is 5.35. The van der Waals surface area contributed by atoms with Crippen LogP contribution >= 0.6 is 0 Å². The molecule has 0 amide bonds. The van der Waals surface area contributed by atoms with E-state index < -0.39 is 0 Å². The van der Waals surface area contributed by atoms with Crippen molar-refractivity contribution in [2.24, 2.45) is 0 Å².